The quantitative estimate of drug-likeness (QED) is 0.667. The molecule has 0 aliphatic carbocycles. The molecule has 0 N–H and O–H groups in total. The average molecular weight is 361 g/mol. The highest BCUT2D eigenvalue weighted by atomic mass is 35.5. The van der Waals surface area contributed by atoms with Crippen molar-refractivity contribution in [2.75, 3.05) is 6.79 Å². The second-order valence-electron chi connectivity index (χ2n) is 5.02. The predicted molar refractivity (Wildman–Crippen MR) is 91.0 cm³/mol. The Bertz CT molecular complexity index is 923. The number of hydrogen-bond donors (Lipinski definition) is 0. The van der Waals surface area contributed by atoms with Crippen molar-refractivity contribution >= 4 is 34.3 Å². The molecular weight excluding hydrogens is 351 g/mol. The molecule has 2 aromatic carbocycles. The van der Waals surface area contributed by atoms with Crippen LogP contribution in [0.15, 0.2) is 47.0 Å². The molecule has 1 aliphatic heterocycles. The Hall–Kier alpha value is -2.50. The molecule has 0 unspecified atom stereocenters. The zero-order chi connectivity index (χ0) is 16.5. The van der Waals surface area contributed by atoms with Crippen LogP contribution in [-0.2, 0) is 0 Å². The van der Waals surface area contributed by atoms with Crippen molar-refractivity contribution in [1.82, 2.24) is 10.1 Å². The van der Waals surface area contributed by atoms with Crippen LogP contribution in [-0.4, -0.2) is 16.9 Å². The van der Waals surface area contributed by atoms with Crippen LogP contribution < -0.4 is 9.47 Å². The summed E-state index contributed by atoms with van der Waals surface area (Å²) in [6.45, 7) is 0.153. The molecule has 5 nitrogen and oxygen atoms in total. The van der Waals surface area contributed by atoms with Gasteiger partial charge in [-0.15, -0.1) is 0 Å². The molecule has 0 atom stereocenters. The van der Waals surface area contributed by atoms with E-state index >= 15 is 0 Å². The van der Waals surface area contributed by atoms with Gasteiger partial charge in [-0.2, -0.15) is 4.98 Å². The predicted octanol–water partition coefficient (Wildman–Crippen LogP) is 4.86. The van der Waals surface area contributed by atoms with Gasteiger partial charge in [-0.1, -0.05) is 58.7 Å². The Morgan fingerprint density at radius 1 is 1.12 bits per heavy atom. The van der Waals surface area contributed by atoms with E-state index in [2.05, 4.69) is 10.1 Å². The first kappa shape index (κ1) is 15.1. The summed E-state index contributed by atoms with van der Waals surface area (Å²) in [5.41, 5.74) is 1.59. The number of halogens is 2. The minimum atomic E-state index is 0.153. The molecule has 0 spiro atoms. The van der Waals surface area contributed by atoms with E-state index in [-0.39, 0.29) is 12.7 Å². The Morgan fingerprint density at radius 3 is 2.79 bits per heavy atom. The molecule has 1 aromatic heterocycles. The van der Waals surface area contributed by atoms with Crippen LogP contribution in [0, 0.1) is 0 Å². The van der Waals surface area contributed by atoms with Crippen molar-refractivity contribution in [3.8, 4) is 22.9 Å². The third-order valence-corrected chi connectivity index (χ3v) is 3.96. The summed E-state index contributed by atoms with van der Waals surface area (Å²) >= 11 is 12.5. The van der Waals surface area contributed by atoms with E-state index in [4.69, 9.17) is 37.2 Å². The summed E-state index contributed by atoms with van der Waals surface area (Å²) in [5.74, 6) is 1.81. The lowest BCUT2D eigenvalue weighted by molar-refractivity contribution is 0.174. The maximum Gasteiger partial charge on any atom is 0.269 e. The normalized spacial score (nSPS) is 13.3. The fourth-order valence-electron chi connectivity index (χ4n) is 2.30. The van der Waals surface area contributed by atoms with Gasteiger partial charge in [-0.05, 0) is 23.8 Å². The molecule has 4 rings (SSSR count). The fraction of sp³-hybridized carbons (Fsp3) is 0.0588. The second kappa shape index (κ2) is 6.19. The summed E-state index contributed by atoms with van der Waals surface area (Å²) in [4.78, 5) is 4.30. The maximum atomic E-state index is 6.29. The summed E-state index contributed by atoms with van der Waals surface area (Å²) in [6.07, 6.45) is 1.68. The zero-order valence-electron chi connectivity index (χ0n) is 12.2. The number of aromatic nitrogens is 2. The minimum Gasteiger partial charge on any atom is -0.454 e. The van der Waals surface area contributed by atoms with E-state index in [0.29, 0.717) is 27.4 Å². The van der Waals surface area contributed by atoms with Gasteiger partial charge in [0.25, 0.3) is 5.89 Å². The van der Waals surface area contributed by atoms with Gasteiger partial charge in [-0.25, -0.2) is 0 Å². The first-order valence-corrected chi connectivity index (χ1v) is 7.82. The van der Waals surface area contributed by atoms with E-state index in [0.717, 1.165) is 11.1 Å². The lowest BCUT2D eigenvalue weighted by atomic mass is 10.2. The first-order valence-electron chi connectivity index (χ1n) is 7.06. The van der Waals surface area contributed by atoms with Crippen molar-refractivity contribution in [2.24, 2.45) is 0 Å². The highest BCUT2D eigenvalue weighted by Crippen LogP contribution is 2.40. The first-order chi connectivity index (χ1) is 11.7. The van der Waals surface area contributed by atoms with E-state index in [1.807, 2.05) is 30.3 Å². The number of benzene rings is 2. The fourth-order valence-corrected chi connectivity index (χ4v) is 2.78. The highest BCUT2D eigenvalue weighted by Gasteiger charge is 2.18. The number of ether oxygens (including phenoxy) is 2. The number of rotatable bonds is 3. The molecule has 24 heavy (non-hydrogen) atoms. The van der Waals surface area contributed by atoms with Crippen LogP contribution in [0.2, 0.25) is 5.02 Å². The van der Waals surface area contributed by atoms with Gasteiger partial charge in [0.05, 0.1) is 5.02 Å². The Kier molecular flexibility index (Phi) is 3.88. The Labute approximate surface area is 147 Å². The molecule has 0 amide bonds. The summed E-state index contributed by atoms with van der Waals surface area (Å²) < 4.78 is 15.8. The molecule has 0 bridgehead atoms. The van der Waals surface area contributed by atoms with Crippen LogP contribution >= 0.6 is 23.2 Å². The van der Waals surface area contributed by atoms with Gasteiger partial charge in [0.15, 0.2) is 11.5 Å². The maximum absolute atomic E-state index is 6.29. The van der Waals surface area contributed by atoms with Gasteiger partial charge in [0.2, 0.25) is 12.6 Å². The number of fused-ring (bicyclic) bond motifs is 1. The van der Waals surface area contributed by atoms with Crippen molar-refractivity contribution in [2.45, 2.75) is 0 Å². The van der Waals surface area contributed by atoms with Crippen LogP contribution in [0.4, 0.5) is 0 Å². The highest BCUT2D eigenvalue weighted by molar-refractivity contribution is 6.50. The third-order valence-electron chi connectivity index (χ3n) is 3.41. The zero-order valence-corrected chi connectivity index (χ0v) is 13.7. The number of hydrogen-bond acceptors (Lipinski definition) is 5. The van der Waals surface area contributed by atoms with Crippen molar-refractivity contribution in [3.63, 3.8) is 0 Å². The van der Waals surface area contributed by atoms with E-state index in [1.165, 1.54) is 0 Å². The summed E-state index contributed by atoms with van der Waals surface area (Å²) in [7, 11) is 0. The minimum absolute atomic E-state index is 0.153. The van der Waals surface area contributed by atoms with E-state index in [9.17, 15) is 0 Å². The van der Waals surface area contributed by atoms with Crippen molar-refractivity contribution in [3.05, 3.63) is 58.9 Å². The van der Waals surface area contributed by atoms with Crippen LogP contribution in [0.5, 0.6) is 11.5 Å². The Morgan fingerprint density at radius 2 is 1.96 bits per heavy atom. The molecule has 0 fully saturated rings. The van der Waals surface area contributed by atoms with Gasteiger partial charge < -0.3 is 14.0 Å². The molecule has 3 aromatic rings. The largest absolute Gasteiger partial charge is 0.454 e. The second-order valence-corrected chi connectivity index (χ2v) is 5.83. The summed E-state index contributed by atoms with van der Waals surface area (Å²) in [6, 6.07) is 13.0. The molecule has 7 heteroatoms. The van der Waals surface area contributed by atoms with Gasteiger partial charge in [0, 0.05) is 5.56 Å². The molecule has 120 valence electrons. The van der Waals surface area contributed by atoms with Crippen LogP contribution in [0.1, 0.15) is 11.5 Å². The molecule has 0 radical (unpaired) electrons. The molecule has 1 aliphatic rings. The molecule has 2 heterocycles. The molecule has 0 saturated carbocycles. The van der Waals surface area contributed by atoms with Crippen molar-refractivity contribution in [1.29, 1.82) is 0 Å². The lowest BCUT2D eigenvalue weighted by Crippen LogP contribution is -1.93. The van der Waals surface area contributed by atoms with E-state index < -0.39 is 0 Å². The monoisotopic (exact) mass is 360 g/mol. The topological polar surface area (TPSA) is 57.4 Å². The van der Waals surface area contributed by atoms with Gasteiger partial charge >= 0.3 is 0 Å². The Balaban J connectivity index is 1.64. The van der Waals surface area contributed by atoms with Gasteiger partial charge in [0.1, 0.15) is 5.03 Å². The van der Waals surface area contributed by atoms with Gasteiger partial charge in [-0.3, -0.25) is 0 Å². The molecule has 0 saturated heterocycles. The number of nitrogens with zero attached hydrogens (tertiary/aromatic N) is 2. The SMILES string of the molecule is Cl/C(=C\c1cc(Cl)c2c(c1)OCO2)c1nc(-c2ccccc2)no1. The standard InChI is InChI=1S/C17H10Cl2N2O3/c18-12-6-10(8-14-15(12)23-9-22-14)7-13(19)17-20-16(21-24-17)11-4-2-1-3-5-11/h1-8H,9H2/b13-7-. The molecular formula is C17H10Cl2N2O3. The third kappa shape index (κ3) is 2.84. The lowest BCUT2D eigenvalue weighted by Gasteiger charge is -2.01. The van der Waals surface area contributed by atoms with Crippen LogP contribution in [0.25, 0.3) is 22.5 Å². The smallest absolute Gasteiger partial charge is 0.269 e. The van der Waals surface area contributed by atoms with Crippen molar-refractivity contribution < 1.29 is 14.0 Å². The van der Waals surface area contributed by atoms with E-state index in [1.54, 1.807) is 18.2 Å². The summed E-state index contributed by atoms with van der Waals surface area (Å²) in [5, 5.41) is 4.70. The average Bonchev–Trinajstić information content (AvgIpc) is 3.25. The van der Waals surface area contributed by atoms with Crippen LogP contribution in [0.3, 0.4) is 0 Å².